The van der Waals surface area contributed by atoms with Gasteiger partial charge in [-0.2, -0.15) is 0 Å². The number of thiazole rings is 1. The Hall–Kier alpha value is -0.950. The second-order valence-electron chi connectivity index (χ2n) is 6.67. The van der Waals surface area contributed by atoms with Gasteiger partial charge in [0, 0.05) is 39.1 Å². The largest absolute Gasteiger partial charge is 0.337 e. The fraction of sp³-hybridized carbons (Fsp3) is 0.733. The smallest absolute Gasteiger partial charge is 0.315 e. The molecule has 2 rings (SSSR count). The van der Waals surface area contributed by atoms with Crippen LogP contribution in [0.15, 0.2) is 5.38 Å². The maximum Gasteiger partial charge on any atom is 0.315 e. The van der Waals surface area contributed by atoms with E-state index < -0.39 is 10.8 Å². The van der Waals surface area contributed by atoms with E-state index in [1.807, 2.05) is 33.1 Å². The lowest BCUT2D eigenvalue weighted by atomic mass is 10.2. The zero-order valence-electron chi connectivity index (χ0n) is 13.6. The Morgan fingerprint density at radius 1 is 1.50 bits per heavy atom. The topological polar surface area (TPSA) is 71.1 Å². The van der Waals surface area contributed by atoms with Crippen molar-refractivity contribution in [3.63, 3.8) is 0 Å². The number of hydrogen-bond acceptors (Lipinski definition) is 4. The van der Waals surface area contributed by atoms with Gasteiger partial charge in [-0.15, -0.1) is 11.3 Å². The van der Waals surface area contributed by atoms with Crippen molar-refractivity contribution in [2.45, 2.75) is 57.2 Å². The van der Waals surface area contributed by atoms with Crippen molar-refractivity contribution in [1.82, 2.24) is 15.6 Å². The van der Waals surface area contributed by atoms with Gasteiger partial charge < -0.3 is 10.6 Å². The van der Waals surface area contributed by atoms with Gasteiger partial charge in [0.15, 0.2) is 0 Å². The fourth-order valence-electron chi connectivity index (χ4n) is 1.90. The van der Waals surface area contributed by atoms with Crippen LogP contribution in [0.25, 0.3) is 0 Å². The first-order chi connectivity index (χ1) is 10.3. The molecule has 0 saturated heterocycles. The molecule has 1 aromatic heterocycles. The lowest BCUT2D eigenvalue weighted by Crippen LogP contribution is -2.40. The molecule has 2 amide bonds. The van der Waals surface area contributed by atoms with Crippen LogP contribution in [-0.4, -0.2) is 32.3 Å². The predicted octanol–water partition coefficient (Wildman–Crippen LogP) is 2.93. The molecule has 1 fully saturated rings. The van der Waals surface area contributed by atoms with Crippen LogP contribution in [0.3, 0.4) is 0 Å². The Kier molecular flexibility index (Phi) is 5.60. The van der Waals surface area contributed by atoms with Crippen molar-refractivity contribution >= 4 is 28.2 Å². The molecule has 2 atom stereocenters. The molecule has 0 spiro atoms. The van der Waals surface area contributed by atoms with Crippen LogP contribution in [0.1, 0.15) is 63.2 Å². The van der Waals surface area contributed by atoms with Crippen LogP contribution < -0.4 is 10.6 Å². The average Bonchev–Trinajstić information content (AvgIpc) is 3.15. The first kappa shape index (κ1) is 17.4. The highest BCUT2D eigenvalue weighted by molar-refractivity contribution is 7.86. The molecule has 1 heterocycles. The number of rotatable bonds is 6. The van der Waals surface area contributed by atoms with Crippen molar-refractivity contribution < 1.29 is 9.00 Å². The molecule has 1 aliphatic carbocycles. The van der Waals surface area contributed by atoms with E-state index in [1.54, 1.807) is 11.3 Å². The molecule has 0 aliphatic heterocycles. The zero-order chi connectivity index (χ0) is 16.3. The molecule has 0 radical (unpaired) electrons. The summed E-state index contributed by atoms with van der Waals surface area (Å²) in [5.74, 6) is 1.11. The van der Waals surface area contributed by atoms with Crippen LogP contribution in [0.2, 0.25) is 0 Å². The van der Waals surface area contributed by atoms with Gasteiger partial charge in [-0.3, -0.25) is 4.21 Å². The van der Waals surface area contributed by atoms with Gasteiger partial charge in [0.1, 0.15) is 0 Å². The Morgan fingerprint density at radius 3 is 2.77 bits per heavy atom. The van der Waals surface area contributed by atoms with Crippen molar-refractivity contribution in [3.05, 3.63) is 16.1 Å². The lowest BCUT2D eigenvalue weighted by Gasteiger charge is -2.18. The number of aromatic nitrogens is 1. The van der Waals surface area contributed by atoms with Crippen LogP contribution in [0.4, 0.5) is 4.79 Å². The highest BCUT2D eigenvalue weighted by atomic mass is 32.2. The molecular formula is C15H25N3O2S2. The van der Waals surface area contributed by atoms with Gasteiger partial charge >= 0.3 is 6.03 Å². The molecule has 0 bridgehead atoms. The summed E-state index contributed by atoms with van der Waals surface area (Å²) in [4.78, 5) is 16.5. The van der Waals surface area contributed by atoms with Crippen LogP contribution in [0, 0.1) is 0 Å². The fourth-order valence-corrected chi connectivity index (χ4v) is 3.89. The molecule has 1 saturated carbocycles. The van der Waals surface area contributed by atoms with Crippen LogP contribution >= 0.6 is 11.3 Å². The Bertz CT molecular complexity index is 547. The van der Waals surface area contributed by atoms with E-state index in [9.17, 15) is 9.00 Å². The molecule has 0 unspecified atom stereocenters. The van der Waals surface area contributed by atoms with Crippen LogP contribution in [-0.2, 0) is 10.8 Å². The molecule has 22 heavy (non-hydrogen) atoms. The summed E-state index contributed by atoms with van der Waals surface area (Å²) in [5.41, 5.74) is 0.917. The summed E-state index contributed by atoms with van der Waals surface area (Å²) >= 11 is 1.68. The van der Waals surface area contributed by atoms with Crippen molar-refractivity contribution in [3.8, 4) is 0 Å². The Labute approximate surface area is 138 Å². The second-order valence-corrected chi connectivity index (χ2v) is 9.88. The Balaban J connectivity index is 1.72. The minimum Gasteiger partial charge on any atom is -0.337 e. The van der Waals surface area contributed by atoms with Gasteiger partial charge in [-0.25, -0.2) is 9.78 Å². The van der Waals surface area contributed by atoms with E-state index in [-0.39, 0.29) is 16.8 Å². The van der Waals surface area contributed by atoms with Crippen molar-refractivity contribution in [2.75, 3.05) is 12.3 Å². The first-order valence-corrected chi connectivity index (χ1v) is 9.85. The van der Waals surface area contributed by atoms with Gasteiger partial charge in [-0.1, -0.05) is 0 Å². The monoisotopic (exact) mass is 343 g/mol. The second kappa shape index (κ2) is 7.08. The van der Waals surface area contributed by atoms with Crippen molar-refractivity contribution in [1.29, 1.82) is 0 Å². The third-order valence-corrected chi connectivity index (χ3v) is 6.48. The van der Waals surface area contributed by atoms with Gasteiger partial charge in [0.2, 0.25) is 0 Å². The highest BCUT2D eigenvalue weighted by Gasteiger charge is 2.27. The van der Waals surface area contributed by atoms with E-state index in [4.69, 9.17) is 0 Å². The van der Waals surface area contributed by atoms with E-state index in [2.05, 4.69) is 15.6 Å². The summed E-state index contributed by atoms with van der Waals surface area (Å²) in [7, 11) is -0.951. The van der Waals surface area contributed by atoms with Gasteiger partial charge in [0.05, 0.1) is 16.7 Å². The number of amides is 2. The Morgan fingerprint density at radius 2 is 2.18 bits per heavy atom. The van der Waals surface area contributed by atoms with E-state index >= 15 is 0 Å². The molecule has 5 nitrogen and oxygen atoms in total. The minimum absolute atomic E-state index is 0.114. The molecule has 1 aliphatic rings. The zero-order valence-corrected chi connectivity index (χ0v) is 15.3. The number of carbonyl (C=O) groups is 1. The molecule has 7 heteroatoms. The SMILES string of the molecule is C[C@@H](NC(=O)NCC[S@@](=O)C(C)(C)C)c1csc(C2CC2)n1. The third-order valence-electron chi connectivity index (χ3n) is 3.51. The lowest BCUT2D eigenvalue weighted by molar-refractivity contribution is 0.238. The van der Waals surface area contributed by atoms with Gasteiger partial charge in [0.25, 0.3) is 0 Å². The van der Waals surface area contributed by atoms with E-state index in [1.165, 1.54) is 17.8 Å². The quantitative estimate of drug-likeness (QED) is 0.834. The van der Waals surface area contributed by atoms with Gasteiger partial charge in [-0.05, 0) is 40.5 Å². The minimum atomic E-state index is -0.951. The van der Waals surface area contributed by atoms with Crippen LogP contribution in [0.5, 0.6) is 0 Å². The molecule has 2 N–H and O–H groups in total. The normalized spacial score (nSPS) is 17.8. The number of carbonyl (C=O) groups excluding carboxylic acids is 1. The maximum absolute atomic E-state index is 11.9. The van der Waals surface area contributed by atoms with E-state index in [0.29, 0.717) is 18.2 Å². The average molecular weight is 344 g/mol. The standard InChI is InChI=1S/C15H25N3O2S2/c1-10(12-9-21-13(18-12)11-5-6-11)17-14(19)16-7-8-22(20)15(2,3)4/h9-11H,5-8H2,1-4H3,(H2,16,17,19)/t10-,22-/m1/s1. The third kappa shape index (κ3) is 5.05. The predicted molar refractivity (Wildman–Crippen MR) is 91.8 cm³/mol. The number of nitrogens with zero attached hydrogens (tertiary/aromatic N) is 1. The summed E-state index contributed by atoms with van der Waals surface area (Å²) in [6.45, 7) is 8.15. The summed E-state index contributed by atoms with van der Waals surface area (Å²) in [6.07, 6.45) is 2.47. The van der Waals surface area contributed by atoms with Crippen molar-refractivity contribution in [2.24, 2.45) is 0 Å². The maximum atomic E-state index is 11.9. The first-order valence-electron chi connectivity index (χ1n) is 7.65. The number of nitrogens with one attached hydrogen (secondary N) is 2. The summed E-state index contributed by atoms with van der Waals surface area (Å²) in [5, 5.41) is 8.84. The molecule has 0 aromatic carbocycles. The highest BCUT2D eigenvalue weighted by Crippen LogP contribution is 2.41. The van der Waals surface area contributed by atoms with E-state index in [0.717, 1.165) is 5.69 Å². The molecule has 124 valence electrons. The summed E-state index contributed by atoms with van der Waals surface area (Å²) in [6, 6.07) is -0.351. The number of urea groups is 1. The molecule has 1 aromatic rings. The molecular weight excluding hydrogens is 318 g/mol. The summed E-state index contributed by atoms with van der Waals surface area (Å²) < 4.78 is 11.6. The number of hydrogen-bond donors (Lipinski definition) is 2.